The number of Topliss-reactive ketones (excluding diaryl/α,β-unsaturated/α-hetero) is 1. The molecule has 0 saturated heterocycles. The zero-order valence-corrected chi connectivity index (χ0v) is 10.7. The van der Waals surface area contributed by atoms with Crippen molar-refractivity contribution in [2.75, 3.05) is 0 Å². The first-order valence-electron chi connectivity index (χ1n) is 6.05. The molecule has 2 atom stereocenters. The molecule has 2 heteroatoms. The normalized spacial score (nSPS) is 27.4. The van der Waals surface area contributed by atoms with Gasteiger partial charge in [0.2, 0.25) is 0 Å². The van der Waals surface area contributed by atoms with Gasteiger partial charge < -0.3 is 0 Å². The third-order valence-electron chi connectivity index (χ3n) is 3.55. The van der Waals surface area contributed by atoms with E-state index in [1.54, 1.807) is 6.08 Å². The molecule has 0 aromatic carbocycles. The Labute approximate surface area is 98.1 Å². The van der Waals surface area contributed by atoms with Gasteiger partial charge >= 0.3 is 0 Å². The van der Waals surface area contributed by atoms with Crippen LogP contribution in [0.25, 0.3) is 0 Å². The van der Waals surface area contributed by atoms with E-state index >= 15 is 0 Å². The summed E-state index contributed by atoms with van der Waals surface area (Å²) >= 11 is 0. The summed E-state index contributed by atoms with van der Waals surface area (Å²) in [6.07, 6.45) is 5.48. The van der Waals surface area contributed by atoms with Crippen molar-refractivity contribution in [3.05, 3.63) is 12.2 Å². The van der Waals surface area contributed by atoms with Crippen molar-refractivity contribution in [2.45, 2.75) is 47.0 Å². The van der Waals surface area contributed by atoms with Crippen LogP contribution in [0.1, 0.15) is 47.0 Å². The van der Waals surface area contributed by atoms with Gasteiger partial charge in [0.15, 0.2) is 5.78 Å². The minimum atomic E-state index is -0.380. The third kappa shape index (κ3) is 3.03. The van der Waals surface area contributed by atoms with E-state index in [-0.39, 0.29) is 22.9 Å². The Bertz CT molecular complexity index is 307. The molecule has 2 nitrogen and oxygen atoms in total. The van der Waals surface area contributed by atoms with Gasteiger partial charge in [-0.25, -0.2) is 0 Å². The summed E-state index contributed by atoms with van der Waals surface area (Å²) in [6.45, 7) is 8.37. The fraction of sp³-hybridized carbons (Fsp3) is 0.714. The average Bonchev–Trinajstić information content (AvgIpc) is 2.16. The zero-order chi connectivity index (χ0) is 12.3. The second kappa shape index (κ2) is 4.94. The van der Waals surface area contributed by atoms with Crippen LogP contribution in [0.3, 0.4) is 0 Å². The second-order valence-electron chi connectivity index (χ2n) is 5.76. The highest BCUT2D eigenvalue weighted by Gasteiger charge is 2.37. The SMILES string of the molecule is CC=CC(=O)C1CC(C(C)(C)C)CCC1=O. The Morgan fingerprint density at radius 2 is 2.00 bits per heavy atom. The number of allylic oxidation sites excluding steroid dienone is 2. The Morgan fingerprint density at radius 1 is 1.38 bits per heavy atom. The van der Waals surface area contributed by atoms with E-state index in [2.05, 4.69) is 20.8 Å². The molecule has 0 radical (unpaired) electrons. The Morgan fingerprint density at radius 3 is 2.50 bits per heavy atom. The molecule has 0 bridgehead atoms. The summed E-state index contributed by atoms with van der Waals surface area (Å²) in [7, 11) is 0. The van der Waals surface area contributed by atoms with Gasteiger partial charge in [0.05, 0.1) is 5.92 Å². The van der Waals surface area contributed by atoms with E-state index in [9.17, 15) is 9.59 Å². The van der Waals surface area contributed by atoms with Gasteiger partial charge in [-0.1, -0.05) is 26.8 Å². The van der Waals surface area contributed by atoms with Crippen molar-refractivity contribution in [2.24, 2.45) is 17.3 Å². The fourth-order valence-corrected chi connectivity index (χ4v) is 2.37. The van der Waals surface area contributed by atoms with E-state index in [1.165, 1.54) is 6.08 Å². The second-order valence-corrected chi connectivity index (χ2v) is 5.76. The number of rotatable bonds is 2. The number of hydrogen-bond acceptors (Lipinski definition) is 2. The highest BCUT2D eigenvalue weighted by molar-refractivity contribution is 6.07. The van der Waals surface area contributed by atoms with Crippen LogP contribution in [-0.4, -0.2) is 11.6 Å². The lowest BCUT2D eigenvalue weighted by Gasteiger charge is -2.36. The molecular formula is C14H22O2. The molecule has 1 aliphatic rings. The van der Waals surface area contributed by atoms with Crippen LogP contribution < -0.4 is 0 Å². The standard InChI is InChI=1S/C14H22O2/c1-5-6-12(15)11-9-10(14(2,3)4)7-8-13(11)16/h5-6,10-11H,7-9H2,1-4H3. The molecule has 0 amide bonds. The van der Waals surface area contributed by atoms with Crippen LogP contribution in [0, 0.1) is 17.3 Å². The summed E-state index contributed by atoms with van der Waals surface area (Å²) in [6, 6.07) is 0. The van der Waals surface area contributed by atoms with Crippen LogP contribution in [0.4, 0.5) is 0 Å². The minimum Gasteiger partial charge on any atom is -0.299 e. The zero-order valence-electron chi connectivity index (χ0n) is 10.7. The molecule has 1 aliphatic carbocycles. The predicted octanol–water partition coefficient (Wildman–Crippen LogP) is 3.16. The number of carbonyl (C=O) groups excluding carboxylic acids is 2. The number of hydrogen-bond donors (Lipinski definition) is 0. The van der Waals surface area contributed by atoms with Gasteiger partial charge in [0.25, 0.3) is 0 Å². The summed E-state index contributed by atoms with van der Waals surface area (Å²) in [4.78, 5) is 23.5. The molecule has 0 aromatic heterocycles. The van der Waals surface area contributed by atoms with Gasteiger partial charge in [-0.3, -0.25) is 9.59 Å². The van der Waals surface area contributed by atoms with E-state index in [0.717, 1.165) is 12.8 Å². The van der Waals surface area contributed by atoms with Crippen LogP contribution in [0.15, 0.2) is 12.2 Å². The van der Waals surface area contributed by atoms with E-state index in [0.29, 0.717) is 12.3 Å². The smallest absolute Gasteiger partial charge is 0.165 e. The molecule has 0 aliphatic heterocycles. The van der Waals surface area contributed by atoms with Gasteiger partial charge in [0.1, 0.15) is 5.78 Å². The molecule has 90 valence electrons. The Kier molecular flexibility index (Phi) is 4.06. The van der Waals surface area contributed by atoms with Crippen molar-refractivity contribution in [3.8, 4) is 0 Å². The first kappa shape index (κ1) is 13.1. The largest absolute Gasteiger partial charge is 0.299 e. The lowest BCUT2D eigenvalue weighted by Crippen LogP contribution is -2.35. The molecule has 0 aromatic rings. The molecule has 0 heterocycles. The number of carbonyl (C=O) groups is 2. The maximum absolute atomic E-state index is 11.8. The van der Waals surface area contributed by atoms with Crippen molar-refractivity contribution in [1.29, 1.82) is 0 Å². The highest BCUT2D eigenvalue weighted by atomic mass is 16.1. The lowest BCUT2D eigenvalue weighted by atomic mass is 9.68. The van der Waals surface area contributed by atoms with Crippen LogP contribution in [0.5, 0.6) is 0 Å². The van der Waals surface area contributed by atoms with Gasteiger partial charge in [0, 0.05) is 6.42 Å². The molecule has 1 rings (SSSR count). The molecule has 2 unspecified atom stereocenters. The summed E-state index contributed by atoms with van der Waals surface area (Å²) < 4.78 is 0. The quantitative estimate of drug-likeness (QED) is 0.531. The average molecular weight is 222 g/mol. The maximum Gasteiger partial charge on any atom is 0.165 e. The molecule has 0 spiro atoms. The monoisotopic (exact) mass is 222 g/mol. The molecule has 0 N–H and O–H groups in total. The number of ketones is 2. The molecule has 1 fully saturated rings. The van der Waals surface area contributed by atoms with E-state index in [1.807, 2.05) is 6.92 Å². The van der Waals surface area contributed by atoms with Crippen molar-refractivity contribution < 1.29 is 9.59 Å². The molecule has 1 saturated carbocycles. The summed E-state index contributed by atoms with van der Waals surface area (Å²) in [5.74, 6) is 0.212. The Hall–Kier alpha value is -0.920. The van der Waals surface area contributed by atoms with E-state index in [4.69, 9.17) is 0 Å². The topological polar surface area (TPSA) is 34.1 Å². The van der Waals surface area contributed by atoms with Crippen LogP contribution >= 0.6 is 0 Å². The van der Waals surface area contributed by atoms with Crippen molar-refractivity contribution >= 4 is 11.6 Å². The van der Waals surface area contributed by atoms with Gasteiger partial charge in [-0.05, 0) is 37.2 Å². The summed E-state index contributed by atoms with van der Waals surface area (Å²) in [5, 5.41) is 0. The van der Waals surface area contributed by atoms with Crippen LogP contribution in [-0.2, 0) is 9.59 Å². The third-order valence-corrected chi connectivity index (χ3v) is 3.55. The van der Waals surface area contributed by atoms with Crippen molar-refractivity contribution in [1.82, 2.24) is 0 Å². The Balaban J connectivity index is 2.77. The lowest BCUT2D eigenvalue weighted by molar-refractivity contribution is -0.133. The first-order chi connectivity index (χ1) is 7.36. The molecule has 16 heavy (non-hydrogen) atoms. The van der Waals surface area contributed by atoms with Crippen molar-refractivity contribution in [3.63, 3.8) is 0 Å². The molecular weight excluding hydrogens is 200 g/mol. The van der Waals surface area contributed by atoms with Crippen LogP contribution in [0.2, 0.25) is 0 Å². The summed E-state index contributed by atoms with van der Waals surface area (Å²) in [5.41, 5.74) is 0.190. The van der Waals surface area contributed by atoms with Gasteiger partial charge in [-0.15, -0.1) is 0 Å². The fourth-order valence-electron chi connectivity index (χ4n) is 2.37. The highest BCUT2D eigenvalue weighted by Crippen LogP contribution is 2.39. The predicted molar refractivity (Wildman–Crippen MR) is 65.1 cm³/mol. The first-order valence-corrected chi connectivity index (χ1v) is 6.05. The van der Waals surface area contributed by atoms with E-state index < -0.39 is 0 Å². The minimum absolute atomic E-state index is 0.0125. The van der Waals surface area contributed by atoms with Gasteiger partial charge in [-0.2, -0.15) is 0 Å². The maximum atomic E-state index is 11.8.